The number of hydrogen-bond acceptors (Lipinski definition) is 6. The fourth-order valence-corrected chi connectivity index (χ4v) is 2.27. The van der Waals surface area contributed by atoms with Gasteiger partial charge in [0.25, 0.3) is 0 Å². The number of benzene rings is 1. The van der Waals surface area contributed by atoms with Crippen molar-refractivity contribution in [2.45, 2.75) is 0 Å². The first-order valence-corrected chi connectivity index (χ1v) is 8.25. The fourth-order valence-electron chi connectivity index (χ4n) is 2.27. The Morgan fingerprint density at radius 2 is 1.78 bits per heavy atom. The number of pyridine rings is 2. The molecule has 0 aliphatic rings. The normalized spacial score (nSPS) is 10.7. The van der Waals surface area contributed by atoms with Crippen LogP contribution in [0.5, 0.6) is 11.6 Å². The Morgan fingerprint density at radius 3 is 2.48 bits per heavy atom. The van der Waals surface area contributed by atoms with Gasteiger partial charge in [-0.1, -0.05) is 12.7 Å². The zero-order valence-corrected chi connectivity index (χ0v) is 14.7. The highest BCUT2D eigenvalue weighted by Gasteiger charge is 2.07. The summed E-state index contributed by atoms with van der Waals surface area (Å²) in [5.74, 6) is 1.76. The van der Waals surface area contributed by atoms with Gasteiger partial charge in [-0.3, -0.25) is 4.98 Å². The van der Waals surface area contributed by atoms with Gasteiger partial charge in [-0.25, -0.2) is 9.98 Å². The average Bonchev–Trinajstić information content (AvgIpc) is 2.71. The third-order valence-corrected chi connectivity index (χ3v) is 3.52. The van der Waals surface area contributed by atoms with Gasteiger partial charge in [0.05, 0.1) is 0 Å². The molecule has 0 atom stereocenters. The van der Waals surface area contributed by atoms with Gasteiger partial charge in [-0.15, -0.1) is 0 Å². The summed E-state index contributed by atoms with van der Waals surface area (Å²) in [6.45, 7) is 7.17. The first-order chi connectivity index (χ1) is 13.3. The summed E-state index contributed by atoms with van der Waals surface area (Å²) in [5.41, 5.74) is 2.53. The number of allylic oxidation sites excluding steroid dienone is 2. The van der Waals surface area contributed by atoms with Crippen LogP contribution in [0.1, 0.15) is 0 Å². The predicted octanol–water partition coefficient (Wildman–Crippen LogP) is 5.15. The SMILES string of the molecule is C=C/C=C(\N=C)Nc1ccc(Oc2ncccc2Nc2ccncc2)cc1. The minimum atomic E-state index is 0.482. The van der Waals surface area contributed by atoms with Crippen molar-refractivity contribution in [3.05, 3.63) is 91.7 Å². The van der Waals surface area contributed by atoms with Gasteiger partial charge in [0.2, 0.25) is 5.88 Å². The van der Waals surface area contributed by atoms with Crippen molar-refractivity contribution in [1.29, 1.82) is 0 Å². The van der Waals surface area contributed by atoms with E-state index in [0.717, 1.165) is 17.1 Å². The van der Waals surface area contributed by atoms with Crippen LogP contribution in [0.25, 0.3) is 0 Å². The maximum Gasteiger partial charge on any atom is 0.243 e. The number of aliphatic imine (C=N–C) groups is 1. The quantitative estimate of drug-likeness (QED) is 0.431. The molecule has 0 aliphatic heterocycles. The second kappa shape index (κ2) is 8.96. The second-order valence-corrected chi connectivity index (χ2v) is 5.41. The molecule has 3 aromatic rings. The predicted molar refractivity (Wildman–Crippen MR) is 110 cm³/mol. The van der Waals surface area contributed by atoms with Crippen LogP contribution in [-0.2, 0) is 0 Å². The summed E-state index contributed by atoms with van der Waals surface area (Å²) in [4.78, 5) is 12.2. The van der Waals surface area contributed by atoms with Crippen molar-refractivity contribution in [2.75, 3.05) is 10.6 Å². The molecule has 2 N–H and O–H groups in total. The number of nitrogens with one attached hydrogen (secondary N) is 2. The molecule has 27 heavy (non-hydrogen) atoms. The first kappa shape index (κ1) is 17.9. The number of rotatable bonds is 8. The largest absolute Gasteiger partial charge is 0.437 e. The standard InChI is InChI=1S/C21H19N5O/c1-3-5-20(22-2)26-16-7-9-18(10-8-16)27-21-19(6-4-13-24-21)25-17-11-14-23-15-12-17/h3-15,26H,1-2H2,(H,23,25)/b20-5+. The van der Waals surface area contributed by atoms with E-state index >= 15 is 0 Å². The highest BCUT2D eigenvalue weighted by molar-refractivity contribution is 5.64. The highest BCUT2D eigenvalue weighted by Crippen LogP contribution is 2.29. The van der Waals surface area contributed by atoms with Crippen LogP contribution in [0, 0.1) is 0 Å². The van der Waals surface area contributed by atoms with E-state index in [1.807, 2.05) is 48.5 Å². The first-order valence-electron chi connectivity index (χ1n) is 8.25. The molecule has 0 fully saturated rings. The van der Waals surface area contributed by atoms with E-state index in [4.69, 9.17) is 4.74 Å². The maximum atomic E-state index is 5.93. The molecule has 6 nitrogen and oxygen atoms in total. The minimum Gasteiger partial charge on any atom is -0.437 e. The monoisotopic (exact) mass is 357 g/mol. The maximum absolute atomic E-state index is 5.93. The number of nitrogens with zero attached hydrogens (tertiary/aromatic N) is 3. The van der Waals surface area contributed by atoms with Crippen molar-refractivity contribution < 1.29 is 4.74 Å². The van der Waals surface area contributed by atoms with Crippen LogP contribution < -0.4 is 15.4 Å². The molecule has 0 aliphatic carbocycles. The van der Waals surface area contributed by atoms with E-state index in [9.17, 15) is 0 Å². The van der Waals surface area contributed by atoms with Gasteiger partial charge >= 0.3 is 0 Å². The molecule has 2 heterocycles. The van der Waals surface area contributed by atoms with E-state index < -0.39 is 0 Å². The summed E-state index contributed by atoms with van der Waals surface area (Å²) >= 11 is 0. The lowest BCUT2D eigenvalue weighted by molar-refractivity contribution is 0.465. The van der Waals surface area contributed by atoms with Gasteiger partial charge in [0.15, 0.2) is 0 Å². The molecule has 2 aromatic heterocycles. The zero-order chi connectivity index (χ0) is 18.9. The lowest BCUT2D eigenvalue weighted by Crippen LogP contribution is -1.98. The van der Waals surface area contributed by atoms with Crippen LogP contribution in [0.2, 0.25) is 0 Å². The summed E-state index contributed by atoms with van der Waals surface area (Å²) in [6.07, 6.45) is 8.51. The number of anilines is 3. The molecule has 0 amide bonds. The van der Waals surface area contributed by atoms with Crippen molar-refractivity contribution >= 4 is 23.8 Å². The van der Waals surface area contributed by atoms with Gasteiger partial charge in [-0.05, 0) is 61.3 Å². The zero-order valence-electron chi connectivity index (χ0n) is 14.7. The Bertz CT molecular complexity index is 936. The van der Waals surface area contributed by atoms with Crippen LogP contribution in [0.15, 0.2) is 96.7 Å². The second-order valence-electron chi connectivity index (χ2n) is 5.41. The van der Waals surface area contributed by atoms with Gasteiger partial charge in [0, 0.05) is 30.0 Å². The van der Waals surface area contributed by atoms with Crippen molar-refractivity contribution in [3.63, 3.8) is 0 Å². The third kappa shape index (κ3) is 5.02. The summed E-state index contributed by atoms with van der Waals surface area (Å²) in [5, 5.41) is 6.41. The number of ether oxygens (including phenoxy) is 1. The van der Waals surface area contributed by atoms with Crippen LogP contribution in [0.4, 0.5) is 17.1 Å². The van der Waals surface area contributed by atoms with Crippen LogP contribution in [0.3, 0.4) is 0 Å². The molecule has 0 unspecified atom stereocenters. The van der Waals surface area contributed by atoms with Crippen LogP contribution in [-0.4, -0.2) is 16.7 Å². The van der Waals surface area contributed by atoms with Gasteiger partial charge in [0.1, 0.15) is 17.3 Å². The molecule has 0 radical (unpaired) electrons. The number of hydrogen-bond donors (Lipinski definition) is 2. The highest BCUT2D eigenvalue weighted by atomic mass is 16.5. The molecule has 3 rings (SSSR count). The lowest BCUT2D eigenvalue weighted by Gasteiger charge is -2.12. The van der Waals surface area contributed by atoms with Gasteiger partial charge in [-0.2, -0.15) is 0 Å². The molecular weight excluding hydrogens is 338 g/mol. The molecule has 134 valence electrons. The minimum absolute atomic E-state index is 0.482. The topological polar surface area (TPSA) is 71.4 Å². The molecule has 1 aromatic carbocycles. The Balaban J connectivity index is 1.73. The van der Waals surface area contributed by atoms with Crippen molar-refractivity contribution in [2.24, 2.45) is 4.99 Å². The molecule has 0 spiro atoms. The molecular formula is C21H19N5O. The van der Waals surface area contributed by atoms with Crippen molar-refractivity contribution in [1.82, 2.24) is 9.97 Å². The number of aromatic nitrogens is 2. The van der Waals surface area contributed by atoms with Crippen LogP contribution >= 0.6 is 0 Å². The summed E-state index contributed by atoms with van der Waals surface area (Å²) < 4.78 is 5.93. The average molecular weight is 357 g/mol. The fraction of sp³-hybridized carbons (Fsp3) is 0. The Kier molecular flexibility index (Phi) is 5.93. The Labute approximate surface area is 158 Å². The third-order valence-electron chi connectivity index (χ3n) is 3.52. The van der Waals surface area contributed by atoms with E-state index in [0.29, 0.717) is 17.5 Å². The van der Waals surface area contributed by atoms with E-state index in [2.05, 4.69) is 38.9 Å². The van der Waals surface area contributed by atoms with Crippen molar-refractivity contribution in [3.8, 4) is 11.6 Å². The molecule has 6 heteroatoms. The summed E-state index contributed by atoms with van der Waals surface area (Å²) in [7, 11) is 0. The molecule has 0 bridgehead atoms. The van der Waals surface area contributed by atoms with E-state index in [1.165, 1.54) is 0 Å². The van der Waals surface area contributed by atoms with E-state index in [-0.39, 0.29) is 0 Å². The lowest BCUT2D eigenvalue weighted by atomic mass is 10.3. The Hall–Kier alpha value is -3.93. The summed E-state index contributed by atoms with van der Waals surface area (Å²) in [6, 6.07) is 15.0. The van der Waals surface area contributed by atoms with E-state index in [1.54, 1.807) is 30.7 Å². The molecule has 0 saturated carbocycles. The Morgan fingerprint density at radius 1 is 1.00 bits per heavy atom. The molecule has 0 saturated heterocycles. The van der Waals surface area contributed by atoms with Gasteiger partial charge < -0.3 is 15.4 Å². The smallest absolute Gasteiger partial charge is 0.243 e.